The molecule has 5 rings (SSSR count). The fourth-order valence-corrected chi connectivity index (χ4v) is 5.08. The molecule has 0 aliphatic carbocycles. The zero-order valence-corrected chi connectivity index (χ0v) is 21.5. The number of anilines is 1. The van der Waals surface area contributed by atoms with Crippen molar-refractivity contribution in [3.63, 3.8) is 0 Å². The van der Waals surface area contributed by atoms with E-state index >= 15 is 0 Å². The van der Waals surface area contributed by atoms with Crippen LogP contribution in [0.4, 0.5) is 10.2 Å². The lowest BCUT2D eigenvalue weighted by Crippen LogP contribution is -2.53. The molecule has 0 saturated carbocycles. The van der Waals surface area contributed by atoms with Gasteiger partial charge in [0.1, 0.15) is 17.8 Å². The molecular weight excluding hydrogens is 481 g/mol. The predicted molar refractivity (Wildman–Crippen MR) is 143 cm³/mol. The summed E-state index contributed by atoms with van der Waals surface area (Å²) in [6.07, 6.45) is 3.26. The minimum atomic E-state index is -0.479. The summed E-state index contributed by atoms with van der Waals surface area (Å²) in [5.74, 6) is 0.180. The summed E-state index contributed by atoms with van der Waals surface area (Å²) >= 11 is 6.72. The zero-order chi connectivity index (χ0) is 25.6. The van der Waals surface area contributed by atoms with Gasteiger partial charge in [-0.1, -0.05) is 37.6 Å². The molecule has 0 amide bonds. The van der Waals surface area contributed by atoms with Gasteiger partial charge < -0.3 is 10.2 Å². The van der Waals surface area contributed by atoms with Crippen LogP contribution in [0.2, 0.25) is 5.02 Å². The first kappa shape index (κ1) is 24.4. The molecule has 2 aliphatic heterocycles. The smallest absolute Gasteiger partial charge is 0.351 e. The quantitative estimate of drug-likeness (QED) is 0.573. The van der Waals surface area contributed by atoms with Gasteiger partial charge in [0, 0.05) is 43.2 Å². The van der Waals surface area contributed by atoms with Crippen molar-refractivity contribution in [2.75, 3.05) is 29.5 Å². The third-order valence-electron chi connectivity index (χ3n) is 6.66. The zero-order valence-electron chi connectivity index (χ0n) is 20.7. The summed E-state index contributed by atoms with van der Waals surface area (Å²) in [6, 6.07) is 8.20. The second kappa shape index (κ2) is 9.63. The normalized spacial score (nSPS) is 20.4. The lowest BCUT2D eigenvalue weighted by Gasteiger charge is -2.38. The third-order valence-corrected chi connectivity index (χ3v) is 6.95. The Labute approximate surface area is 214 Å². The van der Waals surface area contributed by atoms with E-state index in [9.17, 15) is 9.18 Å². The highest BCUT2D eigenvalue weighted by molar-refractivity contribution is 6.33. The number of hydrogen-bond acceptors (Lipinski definition) is 7. The minimum absolute atomic E-state index is 0.0954. The SMILES string of the molecule is CC1=CC=NC(C(C)C)N1n1c(=O)nc(N2CCNC[C@@H]2C)c2cc(Cl)c(-c3ccccc3F)nc21. The summed E-state index contributed by atoms with van der Waals surface area (Å²) < 4.78 is 16.3. The molecule has 1 unspecified atom stereocenters. The number of aliphatic imine (C=N–C) groups is 1. The van der Waals surface area contributed by atoms with Crippen molar-refractivity contribution in [3.8, 4) is 11.3 Å². The molecule has 8 nitrogen and oxygen atoms in total. The van der Waals surface area contributed by atoms with E-state index in [1.54, 1.807) is 30.5 Å². The summed E-state index contributed by atoms with van der Waals surface area (Å²) in [6.45, 7) is 10.3. The Morgan fingerprint density at radius 1 is 1.22 bits per heavy atom. The molecule has 4 heterocycles. The number of nitrogens with zero attached hydrogens (tertiary/aromatic N) is 6. The number of fused-ring (bicyclic) bond motifs is 1. The number of allylic oxidation sites excluding steroid dienone is 2. The van der Waals surface area contributed by atoms with Crippen LogP contribution < -0.4 is 20.9 Å². The molecule has 1 aromatic carbocycles. The summed E-state index contributed by atoms with van der Waals surface area (Å²) in [4.78, 5) is 29.9. The van der Waals surface area contributed by atoms with Crippen molar-refractivity contribution in [2.45, 2.75) is 39.9 Å². The lowest BCUT2D eigenvalue weighted by atomic mass is 10.1. The Hall–Kier alpha value is -3.30. The molecule has 1 saturated heterocycles. The van der Waals surface area contributed by atoms with Crippen LogP contribution in [-0.4, -0.2) is 52.7 Å². The van der Waals surface area contributed by atoms with E-state index in [1.165, 1.54) is 10.7 Å². The molecule has 1 fully saturated rings. The highest BCUT2D eigenvalue weighted by Gasteiger charge is 2.31. The fraction of sp³-hybridized carbons (Fsp3) is 0.385. The van der Waals surface area contributed by atoms with Crippen LogP contribution in [0, 0.1) is 11.7 Å². The summed E-state index contributed by atoms with van der Waals surface area (Å²) in [7, 11) is 0. The van der Waals surface area contributed by atoms with Crippen molar-refractivity contribution in [3.05, 3.63) is 63.4 Å². The van der Waals surface area contributed by atoms with Crippen LogP contribution in [0.15, 0.2) is 51.9 Å². The monoisotopic (exact) mass is 509 g/mol. The number of aromatic nitrogens is 3. The number of nitrogens with one attached hydrogen (secondary N) is 1. The van der Waals surface area contributed by atoms with Crippen molar-refractivity contribution < 1.29 is 4.39 Å². The summed E-state index contributed by atoms with van der Waals surface area (Å²) in [5.41, 5.74) is 1.23. The van der Waals surface area contributed by atoms with Crippen molar-refractivity contribution in [1.29, 1.82) is 0 Å². The second-order valence-corrected chi connectivity index (χ2v) is 9.96. The van der Waals surface area contributed by atoms with E-state index in [-0.39, 0.29) is 34.4 Å². The second-order valence-electron chi connectivity index (χ2n) is 9.55. The van der Waals surface area contributed by atoms with Gasteiger partial charge >= 0.3 is 5.69 Å². The largest absolute Gasteiger partial charge is 0.370 e. The molecule has 1 N–H and O–H groups in total. The maximum atomic E-state index is 14.8. The van der Waals surface area contributed by atoms with Gasteiger partial charge in [-0.3, -0.25) is 10.0 Å². The molecule has 188 valence electrons. The molecule has 0 radical (unpaired) electrons. The van der Waals surface area contributed by atoms with Crippen LogP contribution in [0.25, 0.3) is 22.3 Å². The van der Waals surface area contributed by atoms with Gasteiger partial charge in [0.2, 0.25) is 0 Å². The number of piperazine rings is 1. The van der Waals surface area contributed by atoms with Crippen LogP contribution in [0.3, 0.4) is 0 Å². The first-order chi connectivity index (χ1) is 17.3. The highest BCUT2D eigenvalue weighted by atomic mass is 35.5. The van der Waals surface area contributed by atoms with E-state index < -0.39 is 11.5 Å². The number of hydrogen-bond donors (Lipinski definition) is 1. The van der Waals surface area contributed by atoms with E-state index in [2.05, 4.69) is 27.1 Å². The Bertz CT molecular complexity index is 1430. The number of halogens is 2. The number of pyridine rings is 1. The van der Waals surface area contributed by atoms with Crippen LogP contribution >= 0.6 is 11.6 Å². The molecule has 36 heavy (non-hydrogen) atoms. The van der Waals surface area contributed by atoms with Crippen LogP contribution in [-0.2, 0) is 0 Å². The average Bonchev–Trinajstić information content (AvgIpc) is 2.85. The maximum absolute atomic E-state index is 14.8. The molecular formula is C26H29ClFN7O. The van der Waals surface area contributed by atoms with Crippen LogP contribution in [0.1, 0.15) is 27.7 Å². The topological polar surface area (TPSA) is 78.7 Å². The predicted octanol–water partition coefficient (Wildman–Crippen LogP) is 3.96. The molecule has 2 aromatic heterocycles. The fourth-order valence-electron chi connectivity index (χ4n) is 4.82. The summed E-state index contributed by atoms with van der Waals surface area (Å²) in [5, 5.41) is 6.09. The Morgan fingerprint density at radius 3 is 2.72 bits per heavy atom. The third kappa shape index (κ3) is 4.16. The Balaban J connectivity index is 1.84. The molecule has 2 aliphatic rings. The Kier molecular flexibility index (Phi) is 6.53. The molecule has 3 aromatic rings. The standard InChI is InChI=1S/C26H29ClFN7O/c1-15(2)23-30-10-9-16(3)34(23)35-25-19(24(32-26(35)36)33-12-11-29-14-17(33)4)13-20(27)22(31-25)18-7-5-6-8-21(18)28/h5-10,13,15,17,23,29H,11-12,14H2,1-4H3/t17-,23?/m0/s1. The molecule has 0 spiro atoms. The molecule has 2 atom stereocenters. The Morgan fingerprint density at radius 2 is 2.00 bits per heavy atom. The average molecular weight is 510 g/mol. The minimum Gasteiger partial charge on any atom is -0.351 e. The van der Waals surface area contributed by atoms with Crippen molar-refractivity contribution in [1.82, 2.24) is 20.0 Å². The van der Waals surface area contributed by atoms with Gasteiger partial charge in [0.05, 0.1) is 16.1 Å². The van der Waals surface area contributed by atoms with Gasteiger partial charge in [-0.05, 0) is 44.0 Å². The van der Waals surface area contributed by atoms with E-state index in [4.69, 9.17) is 16.6 Å². The van der Waals surface area contributed by atoms with Gasteiger partial charge in [0.15, 0.2) is 5.65 Å². The van der Waals surface area contributed by atoms with Gasteiger partial charge in [-0.15, -0.1) is 0 Å². The van der Waals surface area contributed by atoms with Gasteiger partial charge in [0.25, 0.3) is 0 Å². The maximum Gasteiger partial charge on any atom is 0.370 e. The number of benzene rings is 1. The van der Waals surface area contributed by atoms with Crippen molar-refractivity contribution in [2.24, 2.45) is 10.9 Å². The molecule has 0 bridgehead atoms. The van der Waals surface area contributed by atoms with E-state index in [0.29, 0.717) is 23.4 Å². The molecule has 10 heteroatoms. The van der Waals surface area contributed by atoms with E-state index in [1.807, 2.05) is 31.9 Å². The van der Waals surface area contributed by atoms with Crippen molar-refractivity contribution >= 4 is 34.7 Å². The van der Waals surface area contributed by atoms with Gasteiger partial charge in [-0.2, -0.15) is 9.66 Å². The van der Waals surface area contributed by atoms with Crippen LogP contribution in [0.5, 0.6) is 0 Å². The first-order valence-corrected chi connectivity index (χ1v) is 12.5. The van der Waals surface area contributed by atoms with E-state index in [0.717, 1.165) is 18.8 Å². The van der Waals surface area contributed by atoms with Gasteiger partial charge in [-0.25, -0.2) is 14.2 Å². The number of rotatable bonds is 4. The first-order valence-electron chi connectivity index (χ1n) is 12.1. The highest BCUT2D eigenvalue weighted by Crippen LogP contribution is 2.35. The lowest BCUT2D eigenvalue weighted by molar-refractivity contribution is 0.416.